The van der Waals surface area contributed by atoms with Gasteiger partial charge in [0.2, 0.25) is 0 Å². The van der Waals surface area contributed by atoms with Crippen molar-refractivity contribution >= 4 is 34.0 Å². The zero-order valence-corrected chi connectivity index (χ0v) is 25.0. The molecule has 0 radical (unpaired) electrons. The molecule has 1 saturated heterocycles. The van der Waals surface area contributed by atoms with Crippen molar-refractivity contribution in [1.29, 1.82) is 0 Å². The van der Waals surface area contributed by atoms with Gasteiger partial charge in [0.05, 0.1) is 13.2 Å². The van der Waals surface area contributed by atoms with Crippen molar-refractivity contribution in [2.75, 3.05) is 19.7 Å². The Labute approximate surface area is 238 Å². The number of hydrogen-bond donors (Lipinski definition) is 0. The molecule has 210 valence electrons. The van der Waals surface area contributed by atoms with Crippen molar-refractivity contribution in [2.45, 2.75) is 71.6 Å². The molecule has 2 aromatic carbocycles. The first-order chi connectivity index (χ1) is 18.2. The fourth-order valence-corrected chi connectivity index (χ4v) is 5.14. The lowest BCUT2D eigenvalue weighted by molar-refractivity contribution is 0.0110. The predicted molar refractivity (Wildman–Crippen MR) is 151 cm³/mol. The van der Waals surface area contributed by atoms with E-state index < -0.39 is 23.2 Å². The van der Waals surface area contributed by atoms with Crippen LogP contribution in [0.3, 0.4) is 0 Å². The van der Waals surface area contributed by atoms with Crippen LogP contribution in [0.5, 0.6) is 5.75 Å². The van der Waals surface area contributed by atoms with Crippen LogP contribution in [0, 0.1) is 5.92 Å². The number of carbonyl (C=O) groups excluding carboxylic acids is 3. The highest BCUT2D eigenvalue weighted by atomic mass is 79.9. The molecular formula is C30H37BrN2O6. The SMILES string of the molecule is CC(C)(C)OC(=O)N1CC[C@@H](c2ccc(Br)cc2)[C@H](COc2ccc3c(c2)C(=O)N(C(=O)OC(C)(C)C)C3)C1. The molecule has 0 unspecified atom stereocenters. The van der Waals surface area contributed by atoms with Gasteiger partial charge in [0, 0.05) is 29.0 Å². The van der Waals surface area contributed by atoms with Crippen LogP contribution in [0.15, 0.2) is 46.9 Å². The minimum atomic E-state index is -0.695. The smallest absolute Gasteiger partial charge is 0.417 e. The number of piperidine rings is 1. The Balaban J connectivity index is 1.48. The second-order valence-corrected chi connectivity index (χ2v) is 13.1. The van der Waals surface area contributed by atoms with E-state index in [1.54, 1.807) is 31.7 Å². The van der Waals surface area contributed by atoms with Crippen molar-refractivity contribution in [3.63, 3.8) is 0 Å². The molecule has 0 spiro atoms. The van der Waals surface area contributed by atoms with Crippen molar-refractivity contribution in [3.8, 4) is 5.75 Å². The fourth-order valence-electron chi connectivity index (χ4n) is 4.88. The van der Waals surface area contributed by atoms with Crippen LogP contribution in [0.1, 0.15) is 75.4 Å². The molecular weight excluding hydrogens is 564 g/mol. The highest BCUT2D eigenvalue weighted by Crippen LogP contribution is 2.35. The van der Waals surface area contributed by atoms with Crippen LogP contribution in [-0.2, 0) is 16.0 Å². The quantitative estimate of drug-likeness (QED) is 0.385. The number of ether oxygens (including phenoxy) is 3. The van der Waals surface area contributed by atoms with Crippen molar-refractivity contribution in [3.05, 3.63) is 63.6 Å². The Morgan fingerprint density at radius 2 is 1.59 bits per heavy atom. The molecule has 1 fully saturated rings. The van der Waals surface area contributed by atoms with Crippen LogP contribution < -0.4 is 4.74 Å². The molecule has 0 N–H and O–H groups in total. The van der Waals surface area contributed by atoms with E-state index in [1.807, 2.05) is 45.0 Å². The molecule has 2 aromatic rings. The van der Waals surface area contributed by atoms with Crippen molar-refractivity contribution in [1.82, 2.24) is 9.80 Å². The van der Waals surface area contributed by atoms with Gasteiger partial charge in [-0.1, -0.05) is 34.1 Å². The van der Waals surface area contributed by atoms with E-state index in [-0.39, 0.29) is 24.5 Å². The molecule has 2 atom stereocenters. The Morgan fingerprint density at radius 1 is 0.949 bits per heavy atom. The summed E-state index contributed by atoms with van der Waals surface area (Å²) in [5.74, 6) is 0.341. The molecule has 0 bridgehead atoms. The van der Waals surface area contributed by atoms with Crippen LogP contribution in [0.2, 0.25) is 0 Å². The number of likely N-dealkylation sites (tertiary alicyclic amines) is 1. The van der Waals surface area contributed by atoms with Gasteiger partial charge in [-0.3, -0.25) is 4.79 Å². The van der Waals surface area contributed by atoms with Crippen LogP contribution in [0.4, 0.5) is 9.59 Å². The number of nitrogens with zero attached hydrogens (tertiary/aromatic N) is 2. The minimum Gasteiger partial charge on any atom is -0.493 e. The molecule has 2 aliphatic rings. The van der Waals surface area contributed by atoms with E-state index in [4.69, 9.17) is 14.2 Å². The first-order valence-corrected chi connectivity index (χ1v) is 14.0. The summed E-state index contributed by atoms with van der Waals surface area (Å²) in [5.41, 5.74) is 1.10. The number of carbonyl (C=O) groups is 3. The average Bonchev–Trinajstić information content (AvgIpc) is 3.17. The van der Waals surface area contributed by atoms with E-state index in [2.05, 4.69) is 28.1 Å². The van der Waals surface area contributed by atoms with E-state index in [1.165, 1.54) is 5.56 Å². The predicted octanol–water partition coefficient (Wildman–Crippen LogP) is 6.76. The van der Waals surface area contributed by atoms with Gasteiger partial charge in [-0.15, -0.1) is 0 Å². The molecule has 9 heteroatoms. The third-order valence-electron chi connectivity index (χ3n) is 6.65. The summed E-state index contributed by atoms with van der Waals surface area (Å²) in [4.78, 5) is 41.2. The maximum atomic E-state index is 13.0. The molecule has 0 saturated carbocycles. The Bertz CT molecular complexity index is 1230. The molecule has 39 heavy (non-hydrogen) atoms. The van der Waals surface area contributed by atoms with Crippen LogP contribution in [-0.4, -0.2) is 58.8 Å². The summed E-state index contributed by atoms with van der Waals surface area (Å²) < 4.78 is 18.3. The van der Waals surface area contributed by atoms with Gasteiger partial charge in [-0.25, -0.2) is 14.5 Å². The van der Waals surface area contributed by atoms with E-state index in [9.17, 15) is 14.4 Å². The minimum absolute atomic E-state index is 0.00895. The Hall–Kier alpha value is -3.07. The van der Waals surface area contributed by atoms with Gasteiger partial charge in [0.25, 0.3) is 5.91 Å². The first-order valence-electron chi connectivity index (χ1n) is 13.2. The molecule has 0 aromatic heterocycles. The monoisotopic (exact) mass is 600 g/mol. The maximum absolute atomic E-state index is 13.0. The van der Waals surface area contributed by atoms with Crippen LogP contribution in [0.25, 0.3) is 0 Å². The Morgan fingerprint density at radius 3 is 2.23 bits per heavy atom. The normalized spacial score (nSPS) is 19.5. The summed E-state index contributed by atoms with van der Waals surface area (Å²) >= 11 is 3.50. The lowest BCUT2D eigenvalue weighted by Gasteiger charge is -2.39. The lowest BCUT2D eigenvalue weighted by Crippen LogP contribution is -2.46. The first kappa shape index (κ1) is 28.9. The second kappa shape index (κ2) is 11.2. The van der Waals surface area contributed by atoms with Crippen LogP contribution >= 0.6 is 15.9 Å². The standard InChI is InChI=1S/C30H37BrN2O6/c1-29(2,3)38-27(35)32-14-13-24(19-7-10-22(31)11-8-19)21(16-32)18-37-23-12-9-20-17-33(26(34)25(20)15-23)28(36)39-30(4,5)6/h7-12,15,21,24H,13-14,16-18H2,1-6H3/t21-,24-/m0/s1. The van der Waals surface area contributed by atoms with Gasteiger partial charge in [0.1, 0.15) is 17.0 Å². The van der Waals surface area contributed by atoms with Crippen molar-refractivity contribution in [2.24, 2.45) is 5.92 Å². The second-order valence-electron chi connectivity index (χ2n) is 12.1. The summed E-state index contributed by atoms with van der Waals surface area (Å²) in [6.07, 6.45) is -0.206. The molecule has 3 amide bonds. The Kier molecular flexibility index (Phi) is 8.30. The average molecular weight is 602 g/mol. The van der Waals surface area contributed by atoms with Gasteiger partial charge in [-0.05, 0) is 89.3 Å². The van der Waals surface area contributed by atoms with E-state index in [0.717, 1.165) is 21.4 Å². The third kappa shape index (κ3) is 7.32. The maximum Gasteiger partial charge on any atom is 0.417 e. The third-order valence-corrected chi connectivity index (χ3v) is 7.18. The van der Waals surface area contributed by atoms with Gasteiger partial charge >= 0.3 is 12.2 Å². The van der Waals surface area contributed by atoms with Gasteiger partial charge in [-0.2, -0.15) is 0 Å². The number of hydrogen-bond acceptors (Lipinski definition) is 6. The lowest BCUT2D eigenvalue weighted by atomic mass is 9.81. The number of imide groups is 1. The molecule has 2 aliphatic heterocycles. The molecule has 8 nitrogen and oxygen atoms in total. The molecule has 0 aliphatic carbocycles. The summed E-state index contributed by atoms with van der Waals surface area (Å²) in [6, 6.07) is 13.6. The topological polar surface area (TPSA) is 85.4 Å². The summed E-state index contributed by atoms with van der Waals surface area (Å²) in [6.45, 7) is 12.5. The fraction of sp³-hybridized carbons (Fsp3) is 0.500. The zero-order valence-electron chi connectivity index (χ0n) is 23.5. The number of rotatable bonds is 4. The van der Waals surface area contributed by atoms with E-state index in [0.29, 0.717) is 31.0 Å². The van der Waals surface area contributed by atoms with Gasteiger partial charge < -0.3 is 19.1 Å². The zero-order chi connectivity index (χ0) is 28.5. The highest BCUT2D eigenvalue weighted by Gasteiger charge is 2.37. The number of halogens is 1. The van der Waals surface area contributed by atoms with Gasteiger partial charge in [0.15, 0.2) is 0 Å². The summed E-state index contributed by atoms with van der Waals surface area (Å²) in [7, 11) is 0. The van der Waals surface area contributed by atoms with Crippen molar-refractivity contribution < 1.29 is 28.6 Å². The largest absolute Gasteiger partial charge is 0.493 e. The van der Waals surface area contributed by atoms with E-state index >= 15 is 0 Å². The molecule has 4 rings (SSSR count). The number of amides is 3. The summed E-state index contributed by atoms with van der Waals surface area (Å²) in [5, 5.41) is 0. The number of benzene rings is 2. The number of fused-ring (bicyclic) bond motifs is 1. The highest BCUT2D eigenvalue weighted by molar-refractivity contribution is 9.10. The molecule has 2 heterocycles.